The van der Waals surface area contributed by atoms with Gasteiger partial charge in [-0.25, -0.2) is 19.4 Å². The van der Waals surface area contributed by atoms with E-state index in [1.807, 2.05) is 24.7 Å². The molecule has 1 fully saturated rings. The highest BCUT2D eigenvalue weighted by atomic mass is 19.4. The fourth-order valence-electron chi connectivity index (χ4n) is 4.19. The van der Waals surface area contributed by atoms with Gasteiger partial charge in [0.25, 0.3) is 0 Å². The van der Waals surface area contributed by atoms with Gasteiger partial charge >= 0.3 is 36.4 Å². The molecule has 0 amide bonds. The van der Waals surface area contributed by atoms with E-state index in [0.29, 0.717) is 0 Å². The highest BCUT2D eigenvalue weighted by Crippen LogP contribution is 2.40. The first-order valence-corrected chi connectivity index (χ1v) is 12.3. The average Bonchev–Trinajstić information content (AvgIpc) is 3.29. The highest BCUT2D eigenvalue weighted by Gasteiger charge is 2.45. The number of nitrogens with zero attached hydrogens (tertiary/aromatic N) is 5. The lowest BCUT2D eigenvalue weighted by atomic mass is 9.83. The van der Waals surface area contributed by atoms with E-state index in [0.717, 1.165) is 45.6 Å². The number of likely N-dealkylation sites (tertiary alicyclic amines) is 1. The zero-order chi connectivity index (χ0) is 34.1. The van der Waals surface area contributed by atoms with Crippen molar-refractivity contribution in [3.8, 4) is 0 Å². The average molecular weight is 653 g/mol. The fraction of sp³-hybridized carbons (Fsp3) is 0.542. The summed E-state index contributed by atoms with van der Waals surface area (Å²) in [6.07, 6.45) is -7.08. The van der Waals surface area contributed by atoms with Crippen LogP contribution in [0.5, 0.6) is 0 Å². The number of alkyl halides is 9. The number of hydrogen-bond acceptors (Lipinski definition) is 7. The molecule has 2 aromatic heterocycles. The van der Waals surface area contributed by atoms with Gasteiger partial charge in [-0.3, -0.25) is 14.8 Å². The molecule has 44 heavy (non-hydrogen) atoms. The van der Waals surface area contributed by atoms with Crippen molar-refractivity contribution in [3.63, 3.8) is 0 Å². The quantitative estimate of drug-likeness (QED) is 0.408. The van der Waals surface area contributed by atoms with Gasteiger partial charge in [0.2, 0.25) is 0 Å². The van der Waals surface area contributed by atoms with Crippen molar-refractivity contribution in [3.05, 3.63) is 47.8 Å². The van der Waals surface area contributed by atoms with Gasteiger partial charge in [0.1, 0.15) is 5.82 Å². The van der Waals surface area contributed by atoms with Gasteiger partial charge in [0, 0.05) is 57.0 Å². The van der Waals surface area contributed by atoms with Gasteiger partial charge in [-0.2, -0.15) is 39.5 Å². The number of aromatic nitrogens is 3. The first kappa shape index (κ1) is 38.1. The molecule has 1 saturated heterocycles. The second kappa shape index (κ2) is 15.2. The van der Waals surface area contributed by atoms with E-state index < -0.39 is 36.4 Å². The van der Waals surface area contributed by atoms with Crippen molar-refractivity contribution in [1.29, 1.82) is 0 Å². The third-order valence-corrected chi connectivity index (χ3v) is 6.40. The van der Waals surface area contributed by atoms with Gasteiger partial charge in [-0.15, -0.1) is 0 Å². The van der Waals surface area contributed by atoms with Gasteiger partial charge in [-0.05, 0) is 38.4 Å². The minimum atomic E-state index is -5.08. The van der Waals surface area contributed by atoms with Crippen molar-refractivity contribution < 1.29 is 69.2 Å². The number of aliphatic carboxylic acids is 3. The Morgan fingerprint density at radius 3 is 1.66 bits per heavy atom. The molecule has 0 saturated carbocycles. The summed E-state index contributed by atoms with van der Waals surface area (Å²) in [5, 5.41) is 21.4. The number of likely N-dealkylation sites (N-methyl/N-ethyl adjacent to an activating group) is 1. The molecular formula is C24H28F9N5O6. The number of carbonyl (C=O) groups is 3. The number of halogens is 9. The molecule has 0 unspecified atom stereocenters. The minimum absolute atomic E-state index is 0.123. The lowest BCUT2D eigenvalue weighted by Crippen LogP contribution is -2.56. The first-order chi connectivity index (χ1) is 20.0. The van der Waals surface area contributed by atoms with E-state index in [1.165, 1.54) is 17.1 Å². The van der Waals surface area contributed by atoms with E-state index in [1.54, 1.807) is 0 Å². The van der Waals surface area contributed by atoms with E-state index in [9.17, 15) is 39.5 Å². The maximum atomic E-state index is 10.6. The standard InChI is InChI=1S/C18H25N5.3C2HF3O2/c1-15-12-20-17-18(21(2)10-11-23(15)17)5-8-22(9-6-18)14-16-4-3-7-19-13-16;3*3-2(4,5)1(6)7/h3-4,7,12-13H,5-6,8-11,14H2,1-2H3;3*(H,6,7). The number of carboxylic acid groups (broad SMARTS) is 3. The highest BCUT2D eigenvalue weighted by molar-refractivity contribution is 5.73. The number of aryl methyl sites for hydroxylation is 1. The molecule has 0 atom stereocenters. The zero-order valence-corrected chi connectivity index (χ0v) is 23.0. The lowest BCUT2D eigenvalue weighted by Gasteiger charge is -2.49. The van der Waals surface area contributed by atoms with Crippen molar-refractivity contribution in [1.82, 2.24) is 24.3 Å². The number of fused-ring (bicyclic) bond motifs is 2. The van der Waals surface area contributed by atoms with Crippen LogP contribution in [-0.4, -0.2) is 103 Å². The molecular weight excluding hydrogens is 625 g/mol. The Morgan fingerprint density at radius 2 is 1.27 bits per heavy atom. The van der Waals surface area contributed by atoms with Crippen LogP contribution in [0.15, 0.2) is 30.7 Å². The SMILES string of the molecule is Cc1cnc2n1CCN(C)C21CCN(Cc2cccnc2)CC1.O=C(O)C(F)(F)F.O=C(O)C(F)(F)F.O=C(O)C(F)(F)F. The van der Waals surface area contributed by atoms with E-state index in [2.05, 4.69) is 39.4 Å². The van der Waals surface area contributed by atoms with Crippen LogP contribution in [0, 0.1) is 6.92 Å². The molecule has 20 heteroatoms. The Labute approximate surface area is 243 Å². The number of rotatable bonds is 2. The van der Waals surface area contributed by atoms with Gasteiger partial charge in [0.05, 0.1) is 5.54 Å². The molecule has 4 rings (SSSR count). The predicted octanol–water partition coefficient (Wildman–Crippen LogP) is 3.92. The van der Waals surface area contributed by atoms with E-state index in [-0.39, 0.29) is 5.54 Å². The van der Waals surface area contributed by atoms with Crippen molar-refractivity contribution in [2.75, 3.05) is 26.7 Å². The van der Waals surface area contributed by atoms with E-state index in [4.69, 9.17) is 34.7 Å². The topological polar surface area (TPSA) is 149 Å². The second-order valence-electron chi connectivity index (χ2n) is 9.37. The molecule has 2 aliphatic rings. The largest absolute Gasteiger partial charge is 0.490 e. The van der Waals surface area contributed by atoms with Gasteiger partial charge in [0.15, 0.2) is 0 Å². The fourth-order valence-corrected chi connectivity index (χ4v) is 4.19. The number of imidazole rings is 1. The third kappa shape index (κ3) is 11.3. The monoisotopic (exact) mass is 653 g/mol. The maximum absolute atomic E-state index is 10.6. The van der Waals surface area contributed by atoms with Crippen molar-refractivity contribution in [2.24, 2.45) is 0 Å². The van der Waals surface area contributed by atoms with Gasteiger partial charge in [-0.1, -0.05) is 6.07 Å². The molecule has 1 spiro atoms. The summed E-state index contributed by atoms with van der Waals surface area (Å²) in [5.74, 6) is -6.99. The number of carboxylic acids is 3. The van der Waals surface area contributed by atoms with Crippen LogP contribution in [0.2, 0.25) is 0 Å². The second-order valence-corrected chi connectivity index (χ2v) is 9.37. The summed E-state index contributed by atoms with van der Waals surface area (Å²) >= 11 is 0. The molecule has 2 aliphatic heterocycles. The van der Waals surface area contributed by atoms with Crippen molar-refractivity contribution in [2.45, 2.75) is 56.9 Å². The predicted molar refractivity (Wildman–Crippen MR) is 131 cm³/mol. The smallest absolute Gasteiger partial charge is 0.475 e. The zero-order valence-electron chi connectivity index (χ0n) is 23.0. The summed E-state index contributed by atoms with van der Waals surface area (Å²) < 4.78 is 97.6. The first-order valence-electron chi connectivity index (χ1n) is 12.3. The molecule has 3 N–H and O–H groups in total. The molecule has 0 aliphatic carbocycles. The van der Waals surface area contributed by atoms with Crippen LogP contribution in [-0.2, 0) is 33.0 Å². The summed E-state index contributed by atoms with van der Waals surface area (Å²) in [6, 6.07) is 4.19. The van der Waals surface area contributed by atoms with Gasteiger partial charge < -0.3 is 19.9 Å². The molecule has 2 aromatic rings. The van der Waals surface area contributed by atoms with Crippen LogP contribution in [0.1, 0.15) is 29.9 Å². The summed E-state index contributed by atoms with van der Waals surface area (Å²) in [7, 11) is 2.27. The number of hydrogen-bond donors (Lipinski definition) is 3. The molecule has 0 radical (unpaired) electrons. The Balaban J connectivity index is 0.000000379. The van der Waals surface area contributed by atoms with Crippen LogP contribution in [0.3, 0.4) is 0 Å². The molecule has 4 heterocycles. The summed E-state index contributed by atoms with van der Waals surface area (Å²) in [4.78, 5) is 40.8. The van der Waals surface area contributed by atoms with Crippen LogP contribution in [0.4, 0.5) is 39.5 Å². The summed E-state index contributed by atoms with van der Waals surface area (Å²) in [5.41, 5.74) is 2.72. The Morgan fingerprint density at radius 1 is 0.818 bits per heavy atom. The van der Waals surface area contributed by atoms with Crippen LogP contribution in [0.25, 0.3) is 0 Å². The lowest BCUT2D eigenvalue weighted by molar-refractivity contribution is -0.193. The number of piperidine rings is 1. The number of pyridine rings is 1. The molecule has 248 valence electrons. The van der Waals surface area contributed by atoms with E-state index >= 15 is 0 Å². The normalized spacial score (nSPS) is 16.6. The molecule has 0 aromatic carbocycles. The van der Waals surface area contributed by atoms with Crippen molar-refractivity contribution >= 4 is 17.9 Å². The third-order valence-electron chi connectivity index (χ3n) is 6.40. The Bertz CT molecular complexity index is 1180. The molecule has 0 bridgehead atoms. The van der Waals surface area contributed by atoms with Crippen LogP contribution < -0.4 is 0 Å². The Kier molecular flexibility index (Phi) is 13.1. The summed E-state index contributed by atoms with van der Waals surface area (Å²) in [6.45, 7) is 7.59. The maximum Gasteiger partial charge on any atom is 0.490 e. The van der Waals surface area contributed by atoms with Crippen LogP contribution >= 0.6 is 0 Å². The Hall–Kier alpha value is -3.94. The molecule has 11 nitrogen and oxygen atoms in total. The minimum Gasteiger partial charge on any atom is -0.475 e.